The quantitative estimate of drug-likeness (QED) is 0.633. The number of hydrogen-bond acceptors (Lipinski definition) is 3. The van der Waals surface area contributed by atoms with Gasteiger partial charge in [-0.05, 0) is 19.4 Å². The summed E-state index contributed by atoms with van der Waals surface area (Å²) in [7, 11) is -6.09. The van der Waals surface area contributed by atoms with Gasteiger partial charge in [0.2, 0.25) is 0 Å². The average molecular weight is 301 g/mol. The van der Waals surface area contributed by atoms with Crippen LogP contribution in [0, 0.1) is 0 Å². The van der Waals surface area contributed by atoms with E-state index in [-0.39, 0.29) is 0 Å². The molecule has 1 unspecified atom stereocenters. The predicted molar refractivity (Wildman–Crippen MR) is 64.0 cm³/mol. The molecule has 4 nitrogen and oxygen atoms in total. The third-order valence-corrected chi connectivity index (χ3v) is 3.04. The van der Waals surface area contributed by atoms with Crippen LogP contribution in [-0.4, -0.2) is 25.0 Å². The van der Waals surface area contributed by atoms with Crippen LogP contribution in [0.3, 0.4) is 0 Å². The second-order valence-corrected chi connectivity index (χ2v) is 5.30. The first kappa shape index (κ1) is 18.1. The van der Waals surface area contributed by atoms with E-state index in [0.29, 0.717) is 0 Å². The number of rotatable bonds is 4. The minimum absolute atomic E-state index is 1.19. The van der Waals surface area contributed by atoms with Crippen molar-refractivity contribution in [2.24, 2.45) is 0 Å². The molecule has 8 heteroatoms. The van der Waals surface area contributed by atoms with Crippen molar-refractivity contribution in [1.82, 2.24) is 0 Å². The predicted octanol–water partition coefficient (Wildman–Crippen LogP) is 1.54. The minimum Gasteiger partial charge on any atom is -0.741 e. The average Bonchev–Trinajstić information content (AvgIpc) is 2.71. The highest BCUT2D eigenvalue weighted by Crippen LogP contribution is 2.20. The van der Waals surface area contributed by atoms with Gasteiger partial charge in [-0.3, -0.25) is 4.90 Å². The van der Waals surface area contributed by atoms with Crippen molar-refractivity contribution in [3.8, 4) is 0 Å². The Morgan fingerprint density at radius 2 is 1.84 bits per heavy atom. The number of unbranched alkanes of at least 4 members (excludes halogenated alkanes) is 1. The van der Waals surface area contributed by atoms with Crippen LogP contribution in [0.15, 0.2) is 24.0 Å². The van der Waals surface area contributed by atoms with Crippen LogP contribution in [-0.2, 0) is 10.1 Å². The van der Waals surface area contributed by atoms with Crippen LogP contribution in [0.5, 0.6) is 0 Å². The molecule has 0 saturated heterocycles. The van der Waals surface area contributed by atoms with Gasteiger partial charge in [0, 0.05) is 12.5 Å². The van der Waals surface area contributed by atoms with Gasteiger partial charge in [0.1, 0.15) is 5.70 Å². The van der Waals surface area contributed by atoms with Crippen molar-refractivity contribution in [3.05, 3.63) is 24.0 Å². The maximum absolute atomic E-state index is 10.7. The maximum Gasteiger partial charge on any atom is 0.485 e. The van der Waals surface area contributed by atoms with Gasteiger partial charge in [0.15, 0.2) is 10.1 Å². The molecule has 0 radical (unpaired) electrons. The molecule has 1 heterocycles. The van der Waals surface area contributed by atoms with Gasteiger partial charge in [-0.15, -0.1) is 0 Å². The summed E-state index contributed by atoms with van der Waals surface area (Å²) in [6, 6.07) is 0. The monoisotopic (exact) mass is 301 g/mol. The summed E-state index contributed by atoms with van der Waals surface area (Å²) >= 11 is 0. The Balaban J connectivity index is 0.000000362. The summed E-state index contributed by atoms with van der Waals surface area (Å²) < 4.78 is 58.9. The van der Waals surface area contributed by atoms with Crippen molar-refractivity contribution < 1.29 is 31.0 Å². The minimum atomic E-state index is -6.09. The highest BCUT2D eigenvalue weighted by atomic mass is 32.2. The van der Waals surface area contributed by atoms with Crippen molar-refractivity contribution in [2.75, 3.05) is 6.54 Å². The van der Waals surface area contributed by atoms with Crippen LogP contribution in [0.1, 0.15) is 33.1 Å². The third kappa shape index (κ3) is 6.74. The number of nitrogens with one attached hydrogen (secondary N) is 1. The number of halogens is 3. The van der Waals surface area contributed by atoms with Gasteiger partial charge in [-0.2, -0.15) is 13.2 Å². The zero-order chi connectivity index (χ0) is 15.1. The van der Waals surface area contributed by atoms with Crippen LogP contribution in [0.25, 0.3) is 0 Å². The highest BCUT2D eigenvalue weighted by Gasteiger charge is 2.36. The Labute approximate surface area is 111 Å². The van der Waals surface area contributed by atoms with Gasteiger partial charge in [0.05, 0.1) is 12.7 Å². The lowest BCUT2D eigenvalue weighted by Gasteiger charge is -2.10. The lowest BCUT2D eigenvalue weighted by atomic mass is 10.2. The van der Waals surface area contributed by atoms with Crippen LogP contribution >= 0.6 is 0 Å². The highest BCUT2D eigenvalue weighted by molar-refractivity contribution is 7.86. The normalized spacial score (nSPS) is 18.8. The molecule has 0 amide bonds. The van der Waals surface area contributed by atoms with E-state index in [4.69, 9.17) is 13.0 Å². The molecule has 1 aliphatic heterocycles. The standard InChI is InChI=1S/C10H17N.CHF3O3S/c1-3-5-7-10-8-6-9-11(10)4-2;2-1(3,4)8(5,6)7/h6,8-9H,3-5,7H2,1-2H3;(H,5,6,7). The van der Waals surface area contributed by atoms with Crippen LogP contribution in [0.2, 0.25) is 0 Å². The van der Waals surface area contributed by atoms with E-state index in [2.05, 4.69) is 32.2 Å². The Hall–Kier alpha value is -0.860. The molecule has 0 fully saturated rings. The van der Waals surface area contributed by atoms with Gasteiger partial charge >= 0.3 is 5.51 Å². The van der Waals surface area contributed by atoms with Crippen molar-refractivity contribution >= 4 is 10.1 Å². The summed E-state index contributed by atoms with van der Waals surface area (Å²) in [6.07, 6.45) is 10.6. The van der Waals surface area contributed by atoms with E-state index in [0.717, 1.165) is 0 Å². The molecule has 0 aromatic rings. The fourth-order valence-corrected chi connectivity index (χ4v) is 1.45. The topological polar surface area (TPSA) is 61.6 Å². The Morgan fingerprint density at radius 3 is 2.21 bits per heavy atom. The van der Waals surface area contributed by atoms with E-state index in [1.165, 1.54) is 25.8 Å². The smallest absolute Gasteiger partial charge is 0.485 e. The molecule has 0 aromatic carbocycles. The molecule has 19 heavy (non-hydrogen) atoms. The molecule has 1 rings (SSSR count). The van der Waals surface area contributed by atoms with Crippen LogP contribution in [0.4, 0.5) is 13.2 Å². The van der Waals surface area contributed by atoms with E-state index >= 15 is 0 Å². The van der Waals surface area contributed by atoms with Crippen LogP contribution < -0.4 is 4.90 Å². The van der Waals surface area contributed by atoms with E-state index < -0.39 is 15.6 Å². The fourth-order valence-electron chi connectivity index (χ4n) is 1.45. The molecule has 0 saturated carbocycles. The maximum atomic E-state index is 10.7. The Bertz CT molecular complexity index is 427. The second kappa shape index (κ2) is 7.66. The molecule has 0 bridgehead atoms. The first-order valence-electron chi connectivity index (χ1n) is 5.89. The number of quaternary nitrogens is 1. The summed E-state index contributed by atoms with van der Waals surface area (Å²) in [5.74, 6) is 0. The molecule has 1 atom stereocenters. The molecular formula is C11H18F3NO3S. The molecule has 0 aromatic heterocycles. The lowest BCUT2D eigenvalue weighted by Crippen LogP contribution is -3.04. The number of hydrogen-bond donors (Lipinski definition) is 1. The van der Waals surface area contributed by atoms with E-state index in [1.54, 1.807) is 10.6 Å². The lowest BCUT2D eigenvalue weighted by molar-refractivity contribution is -0.801. The van der Waals surface area contributed by atoms with Crippen molar-refractivity contribution in [1.29, 1.82) is 0 Å². The summed E-state index contributed by atoms with van der Waals surface area (Å²) in [5.41, 5.74) is -4.08. The Morgan fingerprint density at radius 1 is 1.32 bits per heavy atom. The third-order valence-electron chi connectivity index (χ3n) is 2.47. The van der Waals surface area contributed by atoms with Gasteiger partial charge in [0.25, 0.3) is 0 Å². The molecular weight excluding hydrogens is 283 g/mol. The molecule has 1 aliphatic rings. The van der Waals surface area contributed by atoms with Crippen molar-refractivity contribution in [3.63, 3.8) is 0 Å². The van der Waals surface area contributed by atoms with E-state index in [9.17, 15) is 13.2 Å². The number of allylic oxidation sites excluding steroid dienone is 3. The van der Waals surface area contributed by atoms with Gasteiger partial charge in [-0.1, -0.05) is 13.3 Å². The molecule has 0 spiro atoms. The zero-order valence-electron chi connectivity index (χ0n) is 10.8. The zero-order valence-corrected chi connectivity index (χ0v) is 11.6. The first-order valence-corrected chi connectivity index (χ1v) is 7.29. The van der Waals surface area contributed by atoms with Gasteiger partial charge < -0.3 is 4.55 Å². The first-order chi connectivity index (χ1) is 8.63. The molecule has 0 aliphatic carbocycles. The van der Waals surface area contributed by atoms with Gasteiger partial charge in [-0.25, -0.2) is 8.42 Å². The number of alkyl halides is 3. The summed E-state index contributed by atoms with van der Waals surface area (Å²) in [6.45, 7) is 5.66. The largest absolute Gasteiger partial charge is 0.741 e. The van der Waals surface area contributed by atoms with Crippen molar-refractivity contribution in [2.45, 2.75) is 38.6 Å². The molecule has 1 N–H and O–H groups in total. The summed E-state index contributed by atoms with van der Waals surface area (Å²) in [4.78, 5) is 1.54. The van der Waals surface area contributed by atoms with E-state index in [1.807, 2.05) is 0 Å². The second-order valence-electron chi connectivity index (χ2n) is 3.93. The Kier molecular flexibility index (Phi) is 7.32. The SMILES string of the molecule is CCCCC1=CC=C[NH+]1CC.O=S(=O)([O-])C(F)(F)F. The fraction of sp³-hybridized carbons (Fsp3) is 0.636. The molecule has 112 valence electrons. The summed E-state index contributed by atoms with van der Waals surface area (Å²) in [5, 5.41) is 0.